The summed E-state index contributed by atoms with van der Waals surface area (Å²) in [5, 5.41) is 7.31. The molecule has 0 aromatic heterocycles. The highest BCUT2D eigenvalue weighted by Crippen LogP contribution is 2.06. The van der Waals surface area contributed by atoms with Gasteiger partial charge in [0, 0.05) is 39.3 Å². The summed E-state index contributed by atoms with van der Waals surface area (Å²) >= 11 is 0. The van der Waals surface area contributed by atoms with Crippen molar-refractivity contribution in [3.05, 3.63) is 71.8 Å². The highest BCUT2D eigenvalue weighted by Gasteiger charge is 2.09. The summed E-state index contributed by atoms with van der Waals surface area (Å²) in [5.74, 6) is 0. The van der Waals surface area contributed by atoms with Gasteiger partial charge in [-0.05, 0) is 50.1 Å². The van der Waals surface area contributed by atoms with Gasteiger partial charge in [0.1, 0.15) is 0 Å². The third kappa shape index (κ3) is 10.4. The maximum absolute atomic E-state index is 3.66. The predicted octanol–water partition coefficient (Wildman–Crippen LogP) is 3.99. The molecule has 0 atom stereocenters. The molecular weight excluding hydrogens is 368 g/mol. The van der Waals surface area contributed by atoms with Gasteiger partial charge in [0.25, 0.3) is 0 Å². The minimum Gasteiger partial charge on any atom is -0.315 e. The lowest BCUT2D eigenvalue weighted by Gasteiger charge is -2.25. The van der Waals surface area contributed by atoms with Crippen LogP contribution in [0.15, 0.2) is 60.7 Å². The van der Waals surface area contributed by atoms with Crippen molar-refractivity contribution in [2.75, 3.05) is 52.4 Å². The van der Waals surface area contributed by atoms with Crippen LogP contribution in [0.5, 0.6) is 0 Å². The van der Waals surface area contributed by atoms with E-state index in [-0.39, 0.29) is 0 Å². The summed E-state index contributed by atoms with van der Waals surface area (Å²) in [6.07, 6.45) is 2.40. The molecule has 4 heteroatoms. The largest absolute Gasteiger partial charge is 0.315 e. The number of hydrogen-bond donors (Lipinski definition) is 2. The molecule has 1 saturated heterocycles. The molecule has 1 aliphatic rings. The molecule has 1 heterocycles. The van der Waals surface area contributed by atoms with Crippen LogP contribution in [-0.4, -0.2) is 62.2 Å². The molecule has 1 aliphatic heterocycles. The molecular formula is C26H42N4. The minimum atomic E-state index is 1.05. The normalized spacial score (nSPS) is 18.1. The first-order valence-electron chi connectivity index (χ1n) is 11.8. The van der Waals surface area contributed by atoms with E-state index in [0.29, 0.717) is 0 Å². The third-order valence-corrected chi connectivity index (χ3v) is 5.36. The van der Waals surface area contributed by atoms with E-state index in [1.54, 1.807) is 0 Å². The van der Waals surface area contributed by atoms with Gasteiger partial charge in [-0.1, -0.05) is 74.5 Å². The average Bonchev–Trinajstić information content (AvgIpc) is 2.80. The first kappa shape index (κ1) is 24.5. The molecule has 0 bridgehead atoms. The molecule has 1 fully saturated rings. The van der Waals surface area contributed by atoms with Crippen LogP contribution in [0.1, 0.15) is 37.8 Å². The zero-order valence-electron chi connectivity index (χ0n) is 19.2. The van der Waals surface area contributed by atoms with Crippen LogP contribution in [0.4, 0.5) is 0 Å². The van der Waals surface area contributed by atoms with Crippen molar-refractivity contribution in [2.24, 2.45) is 0 Å². The Bertz CT molecular complexity index is 558. The standard InChI is InChI=1S/C24H36N4.C2H6/c1-3-9-23(10-4-1)21-27-17-7-13-26-16-20-28(18-8-14-25-15-19-27)22-24-11-5-2-6-12-24;1-2/h1-6,9-12,25-26H,7-8,13-22H2;1-2H3. The molecule has 0 radical (unpaired) electrons. The van der Waals surface area contributed by atoms with Crippen LogP contribution in [-0.2, 0) is 13.1 Å². The van der Waals surface area contributed by atoms with E-state index in [4.69, 9.17) is 0 Å². The van der Waals surface area contributed by atoms with Gasteiger partial charge in [-0.3, -0.25) is 9.80 Å². The second-order valence-corrected chi connectivity index (χ2v) is 7.73. The smallest absolute Gasteiger partial charge is 0.0234 e. The summed E-state index contributed by atoms with van der Waals surface area (Å²) in [4.78, 5) is 5.16. The Morgan fingerprint density at radius 2 is 0.967 bits per heavy atom. The van der Waals surface area contributed by atoms with Crippen molar-refractivity contribution >= 4 is 0 Å². The van der Waals surface area contributed by atoms with Gasteiger partial charge in [-0.2, -0.15) is 0 Å². The van der Waals surface area contributed by atoms with Gasteiger partial charge in [-0.25, -0.2) is 0 Å². The molecule has 4 nitrogen and oxygen atoms in total. The zero-order chi connectivity index (χ0) is 21.3. The van der Waals surface area contributed by atoms with Gasteiger partial charge in [-0.15, -0.1) is 0 Å². The van der Waals surface area contributed by atoms with Crippen molar-refractivity contribution in [3.63, 3.8) is 0 Å². The summed E-state index contributed by atoms with van der Waals surface area (Å²) in [7, 11) is 0. The lowest BCUT2D eigenvalue weighted by molar-refractivity contribution is 0.241. The second kappa shape index (κ2) is 16.0. The molecule has 0 spiro atoms. The van der Waals surface area contributed by atoms with Crippen LogP contribution in [0.3, 0.4) is 0 Å². The van der Waals surface area contributed by atoms with Crippen LogP contribution in [0.2, 0.25) is 0 Å². The minimum absolute atomic E-state index is 1.05. The summed E-state index contributed by atoms with van der Waals surface area (Å²) in [6, 6.07) is 21.7. The number of nitrogens with zero attached hydrogens (tertiary/aromatic N) is 2. The molecule has 0 unspecified atom stereocenters. The van der Waals surface area contributed by atoms with Crippen molar-refractivity contribution in [1.82, 2.24) is 20.4 Å². The fraction of sp³-hybridized carbons (Fsp3) is 0.538. The number of rotatable bonds is 4. The summed E-state index contributed by atoms with van der Waals surface area (Å²) in [6.45, 7) is 15.0. The fourth-order valence-electron chi connectivity index (χ4n) is 3.80. The number of hydrogen-bond acceptors (Lipinski definition) is 4. The summed E-state index contributed by atoms with van der Waals surface area (Å²) in [5.41, 5.74) is 2.82. The lowest BCUT2D eigenvalue weighted by atomic mass is 10.2. The first-order chi connectivity index (χ1) is 14.9. The molecule has 0 aliphatic carbocycles. The van der Waals surface area contributed by atoms with E-state index in [1.807, 2.05) is 13.8 Å². The molecule has 166 valence electrons. The van der Waals surface area contributed by atoms with Gasteiger partial charge >= 0.3 is 0 Å². The Hall–Kier alpha value is -1.72. The van der Waals surface area contributed by atoms with E-state index in [9.17, 15) is 0 Å². The third-order valence-electron chi connectivity index (χ3n) is 5.36. The van der Waals surface area contributed by atoms with Gasteiger partial charge in [0.05, 0.1) is 0 Å². The number of benzene rings is 2. The second-order valence-electron chi connectivity index (χ2n) is 7.73. The Balaban J connectivity index is 0.00000155. The van der Waals surface area contributed by atoms with Crippen LogP contribution in [0.25, 0.3) is 0 Å². The first-order valence-corrected chi connectivity index (χ1v) is 11.8. The Labute approximate surface area is 184 Å². The quantitative estimate of drug-likeness (QED) is 0.798. The van der Waals surface area contributed by atoms with E-state index in [2.05, 4.69) is 81.1 Å². The monoisotopic (exact) mass is 410 g/mol. The SMILES string of the molecule is CC.c1ccc(CN2CCCNCCN(Cc3ccccc3)CCCNCC2)cc1. The van der Waals surface area contributed by atoms with Gasteiger partial charge < -0.3 is 10.6 Å². The Morgan fingerprint density at radius 1 is 0.567 bits per heavy atom. The van der Waals surface area contributed by atoms with Crippen molar-refractivity contribution in [3.8, 4) is 0 Å². The van der Waals surface area contributed by atoms with Gasteiger partial charge in [0.2, 0.25) is 0 Å². The predicted molar refractivity (Wildman–Crippen MR) is 130 cm³/mol. The number of nitrogens with one attached hydrogen (secondary N) is 2. The molecule has 0 saturated carbocycles. The van der Waals surface area contributed by atoms with E-state index in [0.717, 1.165) is 65.4 Å². The zero-order valence-corrected chi connectivity index (χ0v) is 19.2. The molecule has 0 amide bonds. The van der Waals surface area contributed by atoms with E-state index in [1.165, 1.54) is 24.0 Å². The molecule has 2 N–H and O–H groups in total. The Kier molecular flexibility index (Phi) is 13.1. The van der Waals surface area contributed by atoms with Crippen molar-refractivity contribution < 1.29 is 0 Å². The van der Waals surface area contributed by atoms with Crippen molar-refractivity contribution in [2.45, 2.75) is 39.8 Å². The lowest BCUT2D eigenvalue weighted by Crippen LogP contribution is -2.38. The molecule has 3 rings (SSSR count). The van der Waals surface area contributed by atoms with Crippen LogP contribution >= 0.6 is 0 Å². The van der Waals surface area contributed by atoms with E-state index < -0.39 is 0 Å². The average molecular weight is 411 g/mol. The highest BCUT2D eigenvalue weighted by atomic mass is 15.2. The maximum Gasteiger partial charge on any atom is 0.0234 e. The topological polar surface area (TPSA) is 30.5 Å². The van der Waals surface area contributed by atoms with Gasteiger partial charge in [0.15, 0.2) is 0 Å². The fourth-order valence-corrected chi connectivity index (χ4v) is 3.80. The van der Waals surface area contributed by atoms with Crippen LogP contribution < -0.4 is 10.6 Å². The van der Waals surface area contributed by atoms with Crippen molar-refractivity contribution in [1.29, 1.82) is 0 Å². The summed E-state index contributed by atoms with van der Waals surface area (Å²) < 4.78 is 0. The molecule has 30 heavy (non-hydrogen) atoms. The highest BCUT2D eigenvalue weighted by molar-refractivity contribution is 5.15. The van der Waals surface area contributed by atoms with Crippen LogP contribution in [0, 0.1) is 0 Å². The van der Waals surface area contributed by atoms with E-state index >= 15 is 0 Å². The Morgan fingerprint density at radius 3 is 1.37 bits per heavy atom. The maximum atomic E-state index is 3.66. The molecule has 2 aromatic rings. The molecule has 2 aromatic carbocycles.